The standard InChI is InChI=1S/C26H24ClN3O2S/c1-14-21(24(32)30-25-29-17-6-4-5-7-20(17)33-25)22(15-8-10-16(27)11-9-15)23-18(28-14)12-26(2,3)13-19(23)31/h4-11,22,28H,12-13H2,1-3H3,(H,29,30,32)/t22-/m1/s1. The highest BCUT2D eigenvalue weighted by Gasteiger charge is 2.42. The molecule has 1 aromatic heterocycles. The molecule has 0 saturated carbocycles. The van der Waals surface area contributed by atoms with Gasteiger partial charge in [0.1, 0.15) is 0 Å². The van der Waals surface area contributed by atoms with Crippen LogP contribution in [-0.2, 0) is 9.59 Å². The lowest BCUT2D eigenvalue weighted by Gasteiger charge is -2.39. The largest absolute Gasteiger partial charge is 0.362 e. The summed E-state index contributed by atoms with van der Waals surface area (Å²) < 4.78 is 1.00. The van der Waals surface area contributed by atoms with Gasteiger partial charge in [0.05, 0.1) is 10.2 Å². The van der Waals surface area contributed by atoms with Crippen molar-refractivity contribution in [2.45, 2.75) is 39.5 Å². The highest BCUT2D eigenvalue weighted by atomic mass is 35.5. The molecule has 1 aliphatic carbocycles. The molecule has 2 aliphatic rings. The fourth-order valence-corrected chi connectivity index (χ4v) is 5.80. The third-order valence-corrected chi connectivity index (χ3v) is 7.41. The quantitative estimate of drug-likeness (QED) is 0.471. The highest BCUT2D eigenvalue weighted by Crippen LogP contribution is 2.47. The van der Waals surface area contributed by atoms with E-state index >= 15 is 0 Å². The van der Waals surface area contributed by atoms with Crippen LogP contribution in [0.4, 0.5) is 5.13 Å². The minimum absolute atomic E-state index is 0.0755. The van der Waals surface area contributed by atoms with Crippen LogP contribution in [0.15, 0.2) is 71.1 Å². The van der Waals surface area contributed by atoms with Gasteiger partial charge in [-0.25, -0.2) is 4.98 Å². The van der Waals surface area contributed by atoms with Crippen molar-refractivity contribution in [3.63, 3.8) is 0 Å². The predicted octanol–water partition coefficient (Wildman–Crippen LogP) is 6.19. The summed E-state index contributed by atoms with van der Waals surface area (Å²) >= 11 is 7.57. The minimum Gasteiger partial charge on any atom is -0.362 e. The van der Waals surface area contributed by atoms with E-state index in [-0.39, 0.29) is 17.1 Å². The molecular weight excluding hydrogens is 454 g/mol. The van der Waals surface area contributed by atoms with E-state index < -0.39 is 5.92 Å². The van der Waals surface area contributed by atoms with E-state index in [9.17, 15) is 9.59 Å². The normalized spacial score (nSPS) is 20.0. The summed E-state index contributed by atoms with van der Waals surface area (Å²) in [7, 11) is 0. The zero-order chi connectivity index (χ0) is 23.3. The summed E-state index contributed by atoms with van der Waals surface area (Å²) in [6.45, 7) is 6.09. The number of thiazole rings is 1. The molecule has 1 atom stereocenters. The van der Waals surface area contributed by atoms with Crippen molar-refractivity contribution in [2.75, 3.05) is 5.32 Å². The van der Waals surface area contributed by atoms with E-state index in [0.717, 1.165) is 33.6 Å². The lowest BCUT2D eigenvalue weighted by molar-refractivity contribution is -0.118. The SMILES string of the molecule is CC1=C(C(=O)Nc2nc3ccccc3s2)[C@@H](c2ccc(Cl)cc2)C2=C(CC(C)(C)CC2=O)N1. The molecule has 1 aliphatic heterocycles. The summed E-state index contributed by atoms with van der Waals surface area (Å²) in [5.41, 5.74) is 4.45. The van der Waals surface area contributed by atoms with Gasteiger partial charge in [-0.1, -0.05) is 61.1 Å². The molecule has 5 rings (SSSR count). The zero-order valence-corrected chi connectivity index (χ0v) is 20.2. The number of nitrogens with one attached hydrogen (secondary N) is 2. The van der Waals surface area contributed by atoms with Gasteiger partial charge in [-0.3, -0.25) is 14.9 Å². The Morgan fingerprint density at radius 2 is 1.88 bits per heavy atom. The van der Waals surface area contributed by atoms with Crippen LogP contribution in [0, 0.1) is 5.41 Å². The van der Waals surface area contributed by atoms with Crippen molar-refractivity contribution in [3.05, 3.63) is 81.7 Å². The first-order valence-electron chi connectivity index (χ1n) is 10.9. The van der Waals surface area contributed by atoms with E-state index in [0.29, 0.717) is 27.7 Å². The fraction of sp³-hybridized carbons (Fsp3) is 0.269. The van der Waals surface area contributed by atoms with Crippen molar-refractivity contribution >= 4 is 50.0 Å². The number of amides is 1. The lowest BCUT2D eigenvalue weighted by Crippen LogP contribution is -2.39. The van der Waals surface area contributed by atoms with Gasteiger partial charge < -0.3 is 5.32 Å². The molecule has 0 saturated heterocycles. The number of ketones is 1. The number of allylic oxidation sites excluding steroid dienone is 3. The number of anilines is 1. The van der Waals surface area contributed by atoms with Gasteiger partial charge >= 0.3 is 0 Å². The van der Waals surface area contributed by atoms with E-state index in [4.69, 9.17) is 11.6 Å². The molecule has 33 heavy (non-hydrogen) atoms. The topological polar surface area (TPSA) is 71.1 Å². The Balaban J connectivity index is 1.57. The second-order valence-corrected chi connectivity index (χ2v) is 10.9. The Labute approximate surface area is 201 Å². The Hall–Kier alpha value is -2.96. The van der Waals surface area contributed by atoms with Crippen LogP contribution in [0.25, 0.3) is 10.2 Å². The van der Waals surface area contributed by atoms with E-state index in [1.165, 1.54) is 11.3 Å². The summed E-state index contributed by atoms with van der Waals surface area (Å²) in [5, 5.41) is 7.52. The number of aromatic nitrogens is 1. The highest BCUT2D eigenvalue weighted by molar-refractivity contribution is 7.22. The van der Waals surface area contributed by atoms with Crippen LogP contribution in [0.2, 0.25) is 5.02 Å². The van der Waals surface area contributed by atoms with Gasteiger partial charge in [0.25, 0.3) is 5.91 Å². The second kappa shape index (κ2) is 8.12. The molecule has 1 amide bonds. The summed E-state index contributed by atoms with van der Waals surface area (Å²) in [6, 6.07) is 15.2. The summed E-state index contributed by atoms with van der Waals surface area (Å²) in [5.74, 6) is -0.647. The van der Waals surface area contributed by atoms with Gasteiger partial charge in [-0.15, -0.1) is 0 Å². The first kappa shape index (κ1) is 21.9. The summed E-state index contributed by atoms with van der Waals surface area (Å²) in [6.07, 6.45) is 1.20. The fourth-order valence-electron chi connectivity index (χ4n) is 4.82. The number of rotatable bonds is 3. The van der Waals surface area contributed by atoms with Crippen molar-refractivity contribution in [3.8, 4) is 0 Å². The van der Waals surface area contributed by atoms with Gasteiger partial charge in [-0.2, -0.15) is 0 Å². The number of Topliss-reactive ketones (excluding diaryl/α,β-unsaturated/α-hetero) is 1. The number of hydrogen-bond donors (Lipinski definition) is 2. The van der Waals surface area contributed by atoms with Crippen LogP contribution >= 0.6 is 22.9 Å². The molecule has 168 valence electrons. The Kier molecular flexibility index (Phi) is 5.38. The number of hydrogen-bond acceptors (Lipinski definition) is 5. The Morgan fingerprint density at radius 1 is 1.15 bits per heavy atom. The molecule has 2 heterocycles. The monoisotopic (exact) mass is 477 g/mol. The number of carbonyl (C=O) groups is 2. The third-order valence-electron chi connectivity index (χ3n) is 6.20. The van der Waals surface area contributed by atoms with Crippen LogP contribution in [0.3, 0.4) is 0 Å². The lowest BCUT2D eigenvalue weighted by atomic mass is 9.68. The molecule has 5 nitrogen and oxygen atoms in total. The van der Waals surface area contributed by atoms with Crippen molar-refractivity contribution < 1.29 is 9.59 Å². The van der Waals surface area contributed by atoms with Gasteiger partial charge in [0.2, 0.25) is 0 Å². The molecule has 0 unspecified atom stereocenters. The van der Waals surface area contributed by atoms with Crippen molar-refractivity contribution in [1.82, 2.24) is 10.3 Å². The first-order chi connectivity index (χ1) is 15.7. The van der Waals surface area contributed by atoms with E-state index in [1.807, 2.05) is 43.3 Å². The number of nitrogens with zero attached hydrogens (tertiary/aromatic N) is 1. The van der Waals surface area contributed by atoms with Crippen LogP contribution in [0.5, 0.6) is 0 Å². The molecule has 2 N–H and O–H groups in total. The molecule has 3 aromatic rings. The molecule has 2 aromatic carbocycles. The average Bonchev–Trinajstić information content (AvgIpc) is 3.14. The molecule has 7 heteroatoms. The number of benzene rings is 2. The molecule has 0 radical (unpaired) electrons. The molecule has 0 fully saturated rings. The van der Waals surface area contributed by atoms with Crippen LogP contribution in [-0.4, -0.2) is 16.7 Å². The van der Waals surface area contributed by atoms with Crippen molar-refractivity contribution in [1.29, 1.82) is 0 Å². The van der Waals surface area contributed by atoms with Crippen LogP contribution < -0.4 is 10.6 Å². The van der Waals surface area contributed by atoms with Crippen LogP contribution in [0.1, 0.15) is 45.1 Å². The molecule has 0 spiro atoms. The molecular formula is C26H24ClN3O2S. The number of dihydropyridines is 1. The minimum atomic E-state index is -0.462. The van der Waals surface area contributed by atoms with Gasteiger partial charge in [-0.05, 0) is 48.6 Å². The average molecular weight is 478 g/mol. The molecule has 0 bridgehead atoms. The summed E-state index contributed by atoms with van der Waals surface area (Å²) in [4.78, 5) is 31.5. The Bertz CT molecular complexity index is 1320. The van der Waals surface area contributed by atoms with Crippen molar-refractivity contribution in [2.24, 2.45) is 5.41 Å². The second-order valence-electron chi connectivity index (χ2n) is 9.42. The Morgan fingerprint density at radius 3 is 2.61 bits per heavy atom. The maximum absolute atomic E-state index is 13.6. The number of carbonyl (C=O) groups excluding carboxylic acids is 2. The smallest absolute Gasteiger partial charge is 0.256 e. The number of halogens is 1. The van der Waals surface area contributed by atoms with E-state index in [1.54, 1.807) is 12.1 Å². The first-order valence-corrected chi connectivity index (χ1v) is 12.1. The zero-order valence-electron chi connectivity index (χ0n) is 18.7. The number of para-hydroxylation sites is 1. The van der Waals surface area contributed by atoms with Gasteiger partial charge in [0.15, 0.2) is 10.9 Å². The predicted molar refractivity (Wildman–Crippen MR) is 133 cm³/mol. The van der Waals surface area contributed by atoms with E-state index in [2.05, 4.69) is 29.5 Å². The maximum atomic E-state index is 13.6. The maximum Gasteiger partial charge on any atom is 0.256 e. The number of fused-ring (bicyclic) bond motifs is 1. The van der Waals surface area contributed by atoms with Gasteiger partial charge in [0, 0.05) is 39.9 Å². The third kappa shape index (κ3) is 4.09.